The van der Waals surface area contributed by atoms with Gasteiger partial charge in [0.15, 0.2) is 5.82 Å². The molecule has 3 rings (SSSR count). The maximum absolute atomic E-state index is 5.86. The van der Waals surface area contributed by atoms with Crippen LogP contribution >= 0.6 is 11.8 Å². The maximum atomic E-state index is 5.86. The van der Waals surface area contributed by atoms with Crippen LogP contribution in [0.3, 0.4) is 0 Å². The number of thioether (sulfide) groups is 1. The predicted octanol–water partition coefficient (Wildman–Crippen LogP) is 4.27. The Kier molecular flexibility index (Phi) is 5.60. The minimum Gasteiger partial charge on any atom is -0.497 e. The minimum atomic E-state index is 0.612. The third-order valence-corrected chi connectivity index (χ3v) is 4.56. The van der Waals surface area contributed by atoms with Gasteiger partial charge in [-0.3, -0.25) is 5.10 Å². The van der Waals surface area contributed by atoms with Crippen molar-refractivity contribution in [1.82, 2.24) is 15.2 Å². The van der Waals surface area contributed by atoms with Crippen LogP contribution in [0.4, 0.5) is 0 Å². The Balaban J connectivity index is 1.52. The quantitative estimate of drug-likeness (QED) is 0.507. The van der Waals surface area contributed by atoms with E-state index in [1.165, 1.54) is 5.56 Å². The molecule has 0 bridgehead atoms. The van der Waals surface area contributed by atoms with Gasteiger partial charge in [0.2, 0.25) is 5.16 Å². The van der Waals surface area contributed by atoms with Gasteiger partial charge in [-0.05, 0) is 55.3 Å². The highest BCUT2D eigenvalue weighted by atomic mass is 32.2. The molecule has 0 unspecified atom stereocenters. The number of benzene rings is 2. The summed E-state index contributed by atoms with van der Waals surface area (Å²) in [6.45, 7) is 4.73. The van der Waals surface area contributed by atoms with E-state index in [0.717, 1.165) is 39.4 Å². The number of aromatic amines is 1. The summed E-state index contributed by atoms with van der Waals surface area (Å²) in [5.41, 5.74) is 3.33. The molecule has 0 spiro atoms. The lowest BCUT2D eigenvalue weighted by atomic mass is 10.1. The number of H-pyrrole nitrogens is 1. The summed E-state index contributed by atoms with van der Waals surface area (Å²) in [5, 5.41) is 7.94. The van der Waals surface area contributed by atoms with Crippen molar-refractivity contribution in [1.29, 1.82) is 0 Å². The number of hydrogen-bond donors (Lipinski definition) is 1. The third-order valence-electron chi connectivity index (χ3n) is 3.74. The molecule has 0 aliphatic heterocycles. The van der Waals surface area contributed by atoms with Gasteiger partial charge in [-0.2, -0.15) is 0 Å². The molecule has 0 saturated carbocycles. The van der Waals surface area contributed by atoms with Crippen molar-refractivity contribution < 1.29 is 9.47 Å². The van der Waals surface area contributed by atoms with Crippen molar-refractivity contribution in [2.24, 2.45) is 0 Å². The highest BCUT2D eigenvalue weighted by Crippen LogP contribution is 2.22. The number of aromatic nitrogens is 3. The molecule has 3 aromatic rings. The van der Waals surface area contributed by atoms with E-state index >= 15 is 0 Å². The van der Waals surface area contributed by atoms with Crippen molar-refractivity contribution in [2.45, 2.75) is 19.0 Å². The van der Waals surface area contributed by atoms with Gasteiger partial charge in [-0.15, -0.1) is 5.10 Å². The van der Waals surface area contributed by atoms with E-state index in [4.69, 9.17) is 9.47 Å². The van der Waals surface area contributed by atoms with Crippen LogP contribution in [0.25, 0.3) is 11.4 Å². The molecule has 5 nitrogen and oxygen atoms in total. The van der Waals surface area contributed by atoms with Gasteiger partial charge in [0, 0.05) is 11.3 Å². The second-order valence-corrected chi connectivity index (χ2v) is 6.72. The molecule has 0 saturated heterocycles. The summed E-state index contributed by atoms with van der Waals surface area (Å²) in [4.78, 5) is 4.51. The number of hydrogen-bond acceptors (Lipinski definition) is 5. The van der Waals surface area contributed by atoms with Crippen LogP contribution in [0.15, 0.2) is 47.6 Å². The largest absolute Gasteiger partial charge is 0.497 e. The van der Waals surface area contributed by atoms with Crippen LogP contribution in [-0.4, -0.2) is 34.7 Å². The number of ether oxygens (including phenoxy) is 2. The molecule has 0 aliphatic rings. The fourth-order valence-electron chi connectivity index (χ4n) is 2.34. The molecule has 25 heavy (non-hydrogen) atoms. The molecule has 0 radical (unpaired) electrons. The number of nitrogens with one attached hydrogen (secondary N) is 1. The molecule has 0 atom stereocenters. The summed E-state index contributed by atoms with van der Waals surface area (Å²) in [6.07, 6.45) is 0. The van der Waals surface area contributed by atoms with E-state index in [1.54, 1.807) is 18.9 Å². The fraction of sp³-hybridized carbons (Fsp3) is 0.263. The first-order valence-corrected chi connectivity index (χ1v) is 9.04. The highest BCUT2D eigenvalue weighted by molar-refractivity contribution is 7.99. The number of rotatable bonds is 7. The molecule has 1 aromatic heterocycles. The van der Waals surface area contributed by atoms with Crippen LogP contribution in [0.2, 0.25) is 0 Å². The van der Waals surface area contributed by atoms with Crippen molar-refractivity contribution in [3.8, 4) is 22.9 Å². The Morgan fingerprint density at radius 3 is 2.64 bits per heavy atom. The monoisotopic (exact) mass is 355 g/mol. The normalized spacial score (nSPS) is 10.7. The van der Waals surface area contributed by atoms with Crippen molar-refractivity contribution in [3.63, 3.8) is 0 Å². The standard InChI is InChI=1S/C19H21N3O2S/c1-13-4-5-14(2)17(12-13)24-10-11-25-19-20-18(21-22-19)15-6-8-16(23-3)9-7-15/h4-9,12H,10-11H2,1-3H3,(H,20,21,22). The molecule has 1 heterocycles. The van der Waals surface area contributed by atoms with Crippen LogP contribution in [0, 0.1) is 13.8 Å². The van der Waals surface area contributed by atoms with Crippen LogP contribution in [0.1, 0.15) is 11.1 Å². The fourth-order valence-corrected chi connectivity index (χ4v) is 2.95. The summed E-state index contributed by atoms with van der Waals surface area (Å²) >= 11 is 1.57. The molecule has 0 aliphatic carbocycles. The summed E-state index contributed by atoms with van der Waals surface area (Å²) in [7, 11) is 1.65. The van der Waals surface area contributed by atoms with Gasteiger partial charge in [0.25, 0.3) is 0 Å². The van der Waals surface area contributed by atoms with Crippen molar-refractivity contribution in [2.75, 3.05) is 19.5 Å². The van der Waals surface area contributed by atoms with E-state index in [9.17, 15) is 0 Å². The molecule has 1 N–H and O–H groups in total. The summed E-state index contributed by atoms with van der Waals surface area (Å²) in [6, 6.07) is 14.0. The van der Waals surface area contributed by atoms with E-state index in [-0.39, 0.29) is 0 Å². The first-order chi connectivity index (χ1) is 12.2. The van der Waals surface area contributed by atoms with Gasteiger partial charge < -0.3 is 9.47 Å². The molecule has 0 amide bonds. The highest BCUT2D eigenvalue weighted by Gasteiger charge is 2.07. The number of aryl methyl sites for hydroxylation is 2. The lowest BCUT2D eigenvalue weighted by Gasteiger charge is -2.09. The van der Waals surface area contributed by atoms with Gasteiger partial charge in [-0.25, -0.2) is 4.98 Å². The minimum absolute atomic E-state index is 0.612. The zero-order valence-corrected chi connectivity index (χ0v) is 15.4. The van der Waals surface area contributed by atoms with Crippen LogP contribution in [0.5, 0.6) is 11.5 Å². The SMILES string of the molecule is COc1ccc(-c2nc(SCCOc3cc(C)ccc3C)n[nH]2)cc1. The second-order valence-electron chi connectivity index (χ2n) is 5.66. The smallest absolute Gasteiger partial charge is 0.208 e. The van der Waals surface area contributed by atoms with E-state index in [2.05, 4.69) is 47.2 Å². The molecule has 0 fully saturated rings. The Bertz CT molecular complexity index is 831. The number of nitrogens with zero attached hydrogens (tertiary/aromatic N) is 2. The van der Waals surface area contributed by atoms with Crippen molar-refractivity contribution >= 4 is 11.8 Å². The molecular formula is C19H21N3O2S. The lowest BCUT2D eigenvalue weighted by Crippen LogP contribution is -2.02. The van der Waals surface area contributed by atoms with Gasteiger partial charge in [-0.1, -0.05) is 23.9 Å². The molecular weight excluding hydrogens is 334 g/mol. The first kappa shape index (κ1) is 17.4. The van der Waals surface area contributed by atoms with E-state index in [1.807, 2.05) is 24.3 Å². The van der Waals surface area contributed by atoms with Crippen LogP contribution in [-0.2, 0) is 0 Å². The van der Waals surface area contributed by atoms with Gasteiger partial charge in [0.05, 0.1) is 13.7 Å². The van der Waals surface area contributed by atoms with Crippen molar-refractivity contribution in [3.05, 3.63) is 53.6 Å². The lowest BCUT2D eigenvalue weighted by molar-refractivity contribution is 0.341. The zero-order chi connectivity index (χ0) is 17.6. The predicted molar refractivity (Wildman–Crippen MR) is 101 cm³/mol. The average Bonchev–Trinajstić information content (AvgIpc) is 3.10. The summed E-state index contributed by atoms with van der Waals surface area (Å²) in [5.74, 6) is 3.30. The van der Waals surface area contributed by atoms with E-state index in [0.29, 0.717) is 6.61 Å². The first-order valence-electron chi connectivity index (χ1n) is 8.05. The Morgan fingerprint density at radius 2 is 1.88 bits per heavy atom. The Hall–Kier alpha value is -2.47. The zero-order valence-electron chi connectivity index (χ0n) is 14.6. The second kappa shape index (κ2) is 8.07. The number of methoxy groups -OCH3 is 1. The molecule has 130 valence electrons. The van der Waals surface area contributed by atoms with E-state index < -0.39 is 0 Å². The van der Waals surface area contributed by atoms with Gasteiger partial charge >= 0.3 is 0 Å². The average molecular weight is 355 g/mol. The van der Waals surface area contributed by atoms with Crippen LogP contribution < -0.4 is 9.47 Å². The van der Waals surface area contributed by atoms with Gasteiger partial charge in [0.1, 0.15) is 11.5 Å². The Morgan fingerprint density at radius 1 is 1.08 bits per heavy atom. The molecule has 6 heteroatoms. The topological polar surface area (TPSA) is 60.0 Å². The molecule has 2 aromatic carbocycles. The summed E-state index contributed by atoms with van der Waals surface area (Å²) < 4.78 is 11.0. The Labute approximate surface area is 151 Å². The third kappa shape index (κ3) is 4.54. The maximum Gasteiger partial charge on any atom is 0.208 e.